The van der Waals surface area contributed by atoms with E-state index in [1.54, 1.807) is 6.20 Å². The quantitative estimate of drug-likeness (QED) is 0.449. The highest BCUT2D eigenvalue weighted by Crippen LogP contribution is 1.99. The molecule has 0 spiro atoms. The summed E-state index contributed by atoms with van der Waals surface area (Å²) in [7, 11) is -3.39. The third kappa shape index (κ3) is 7.77. The molecular weight excluding hydrogens is 338 g/mol. The zero-order valence-corrected chi connectivity index (χ0v) is 14.7. The van der Waals surface area contributed by atoms with Gasteiger partial charge in [0.05, 0.1) is 12.3 Å². The van der Waals surface area contributed by atoms with E-state index in [-0.39, 0.29) is 24.8 Å². The number of sulfonamides is 1. The molecule has 0 aliphatic carbocycles. The van der Waals surface area contributed by atoms with Gasteiger partial charge in [-0.25, -0.2) is 13.1 Å². The molecule has 0 aliphatic heterocycles. The number of benzene rings is 1. The summed E-state index contributed by atoms with van der Waals surface area (Å²) in [6.07, 6.45) is 2.45. The molecule has 4 N–H and O–H groups in total. The van der Waals surface area contributed by atoms with Crippen LogP contribution in [0.4, 0.5) is 0 Å². The largest absolute Gasteiger partial charge is 0.370 e. The third-order valence-electron chi connectivity index (χ3n) is 3.39. The Hall–Kier alpha value is -2.45. The van der Waals surface area contributed by atoms with Crippen molar-refractivity contribution in [2.24, 2.45) is 10.7 Å². The van der Waals surface area contributed by atoms with Crippen molar-refractivity contribution >= 4 is 16.0 Å². The molecule has 0 atom stereocenters. The lowest BCUT2D eigenvalue weighted by atomic mass is 10.2. The predicted octanol–water partition coefficient (Wildman–Crippen LogP) is 0.648. The number of guanidine groups is 1. The number of rotatable bonds is 9. The summed E-state index contributed by atoms with van der Waals surface area (Å²) in [4.78, 5) is 8.25. The van der Waals surface area contributed by atoms with Gasteiger partial charge in [-0.1, -0.05) is 36.4 Å². The molecule has 1 aromatic heterocycles. The lowest BCUT2D eigenvalue weighted by Gasteiger charge is -2.07. The Balaban J connectivity index is 1.67. The first kappa shape index (κ1) is 18.9. The molecule has 0 bridgehead atoms. The molecule has 134 valence electrons. The second kappa shape index (κ2) is 9.75. The number of hydrogen-bond acceptors (Lipinski definition) is 4. The molecule has 0 unspecified atom stereocenters. The van der Waals surface area contributed by atoms with Crippen LogP contribution in [0.15, 0.2) is 59.7 Å². The normalized spacial score (nSPS) is 12.1. The van der Waals surface area contributed by atoms with Crippen molar-refractivity contribution in [3.63, 3.8) is 0 Å². The van der Waals surface area contributed by atoms with Crippen molar-refractivity contribution in [1.82, 2.24) is 15.0 Å². The van der Waals surface area contributed by atoms with Crippen LogP contribution in [0.25, 0.3) is 0 Å². The molecular formula is C17H23N5O2S. The number of nitrogens with one attached hydrogen (secondary N) is 2. The summed E-state index contributed by atoms with van der Waals surface area (Å²) < 4.78 is 26.4. The fourth-order valence-corrected chi connectivity index (χ4v) is 2.93. The molecule has 0 amide bonds. The highest BCUT2D eigenvalue weighted by atomic mass is 32.2. The van der Waals surface area contributed by atoms with Crippen LogP contribution in [-0.4, -0.2) is 38.2 Å². The number of pyridine rings is 1. The second-order valence-corrected chi connectivity index (χ2v) is 7.32. The van der Waals surface area contributed by atoms with Crippen LogP contribution in [0.1, 0.15) is 11.3 Å². The minimum absolute atomic E-state index is 0.104. The number of aromatic nitrogens is 1. The van der Waals surface area contributed by atoms with E-state index in [1.165, 1.54) is 0 Å². The number of aliphatic imine (C=N–C) groups is 1. The molecule has 1 aromatic carbocycles. The maximum absolute atomic E-state index is 11.9. The molecule has 7 nitrogen and oxygen atoms in total. The van der Waals surface area contributed by atoms with Crippen LogP contribution in [0, 0.1) is 0 Å². The summed E-state index contributed by atoms with van der Waals surface area (Å²) in [6.45, 7) is 0.961. The van der Waals surface area contributed by atoms with Gasteiger partial charge >= 0.3 is 0 Å². The van der Waals surface area contributed by atoms with Crippen molar-refractivity contribution in [2.75, 3.05) is 18.8 Å². The molecule has 8 heteroatoms. The average molecular weight is 361 g/mol. The van der Waals surface area contributed by atoms with Gasteiger partial charge in [-0.05, 0) is 17.7 Å². The van der Waals surface area contributed by atoms with Crippen LogP contribution in [0.5, 0.6) is 0 Å². The maximum Gasteiger partial charge on any atom is 0.213 e. The lowest BCUT2D eigenvalue weighted by Crippen LogP contribution is -2.34. The summed E-state index contributed by atoms with van der Waals surface area (Å²) in [5.74, 6) is 0.122. The van der Waals surface area contributed by atoms with Gasteiger partial charge in [0.25, 0.3) is 0 Å². The van der Waals surface area contributed by atoms with E-state index in [0.29, 0.717) is 13.0 Å². The number of nitrogens with zero attached hydrogens (tertiary/aromatic N) is 2. The fourth-order valence-electron chi connectivity index (χ4n) is 2.07. The Morgan fingerprint density at radius 1 is 1.12 bits per heavy atom. The SMILES string of the molecule is NC(=NCCS(=O)(=O)NCc1ccccc1)NCCc1ccccn1. The van der Waals surface area contributed by atoms with Crippen molar-refractivity contribution in [3.8, 4) is 0 Å². The predicted molar refractivity (Wildman–Crippen MR) is 99.5 cm³/mol. The third-order valence-corrected chi connectivity index (χ3v) is 4.70. The van der Waals surface area contributed by atoms with Gasteiger partial charge < -0.3 is 11.1 Å². The Morgan fingerprint density at radius 2 is 1.88 bits per heavy atom. The zero-order chi connectivity index (χ0) is 18.0. The first-order valence-electron chi connectivity index (χ1n) is 8.00. The minimum atomic E-state index is -3.39. The Kier molecular flexibility index (Phi) is 7.36. The Bertz CT molecular complexity index is 764. The van der Waals surface area contributed by atoms with E-state index in [9.17, 15) is 8.42 Å². The van der Waals surface area contributed by atoms with E-state index in [2.05, 4.69) is 20.0 Å². The van der Waals surface area contributed by atoms with Crippen LogP contribution in [0.3, 0.4) is 0 Å². The Labute approximate surface area is 148 Å². The molecule has 1 heterocycles. The summed E-state index contributed by atoms with van der Waals surface area (Å²) in [6, 6.07) is 15.1. The monoisotopic (exact) mass is 361 g/mol. The first-order chi connectivity index (χ1) is 12.1. The van der Waals surface area contributed by atoms with Gasteiger partial charge in [0.1, 0.15) is 0 Å². The molecule has 0 saturated carbocycles. The topological polar surface area (TPSA) is 109 Å². The molecule has 2 rings (SSSR count). The van der Waals surface area contributed by atoms with Gasteiger partial charge in [-0.2, -0.15) is 0 Å². The minimum Gasteiger partial charge on any atom is -0.370 e. The molecule has 2 aromatic rings. The molecule has 0 aliphatic rings. The van der Waals surface area contributed by atoms with Gasteiger partial charge in [-0.3, -0.25) is 9.98 Å². The van der Waals surface area contributed by atoms with E-state index in [4.69, 9.17) is 5.73 Å². The smallest absolute Gasteiger partial charge is 0.213 e. The van der Waals surface area contributed by atoms with Gasteiger partial charge in [-0.15, -0.1) is 0 Å². The average Bonchev–Trinajstić information content (AvgIpc) is 2.62. The lowest BCUT2D eigenvalue weighted by molar-refractivity contribution is 0.581. The van der Waals surface area contributed by atoms with Crippen molar-refractivity contribution < 1.29 is 8.42 Å². The van der Waals surface area contributed by atoms with Crippen LogP contribution < -0.4 is 15.8 Å². The van der Waals surface area contributed by atoms with Gasteiger partial charge in [0.2, 0.25) is 10.0 Å². The zero-order valence-electron chi connectivity index (χ0n) is 13.9. The fraction of sp³-hybridized carbons (Fsp3) is 0.294. The van der Waals surface area contributed by atoms with Crippen molar-refractivity contribution in [3.05, 3.63) is 66.0 Å². The Morgan fingerprint density at radius 3 is 2.60 bits per heavy atom. The van der Waals surface area contributed by atoms with E-state index >= 15 is 0 Å². The number of hydrogen-bond donors (Lipinski definition) is 3. The summed E-state index contributed by atoms with van der Waals surface area (Å²) in [5.41, 5.74) is 7.60. The summed E-state index contributed by atoms with van der Waals surface area (Å²) >= 11 is 0. The number of nitrogens with two attached hydrogens (primary N) is 1. The highest BCUT2D eigenvalue weighted by molar-refractivity contribution is 7.89. The summed E-state index contributed by atoms with van der Waals surface area (Å²) in [5, 5.41) is 2.95. The van der Waals surface area contributed by atoms with Crippen LogP contribution >= 0.6 is 0 Å². The van der Waals surface area contributed by atoms with Crippen molar-refractivity contribution in [1.29, 1.82) is 0 Å². The molecule has 0 fully saturated rings. The van der Waals surface area contributed by atoms with Gasteiger partial charge in [0.15, 0.2) is 5.96 Å². The second-order valence-electron chi connectivity index (χ2n) is 5.39. The van der Waals surface area contributed by atoms with E-state index < -0.39 is 10.0 Å². The molecule has 0 radical (unpaired) electrons. The first-order valence-corrected chi connectivity index (χ1v) is 9.65. The van der Waals surface area contributed by atoms with Crippen LogP contribution in [-0.2, 0) is 23.0 Å². The maximum atomic E-state index is 11.9. The van der Waals surface area contributed by atoms with Crippen molar-refractivity contribution in [2.45, 2.75) is 13.0 Å². The molecule has 0 saturated heterocycles. The molecule has 25 heavy (non-hydrogen) atoms. The van der Waals surface area contributed by atoms with E-state index in [0.717, 1.165) is 11.3 Å². The highest BCUT2D eigenvalue weighted by Gasteiger charge is 2.09. The van der Waals surface area contributed by atoms with E-state index in [1.807, 2.05) is 48.5 Å². The van der Waals surface area contributed by atoms with Gasteiger partial charge in [0, 0.05) is 31.4 Å². The van der Waals surface area contributed by atoms with Crippen LogP contribution in [0.2, 0.25) is 0 Å². The standard InChI is InChI=1S/C17H23N5O2S/c18-17(20-11-9-16-8-4-5-10-19-16)21-12-13-25(23,24)22-14-15-6-2-1-3-7-15/h1-8,10,22H,9,11-14H2,(H3,18,20,21).